The monoisotopic (exact) mass is 416 g/mol. The molecule has 1 aromatic carbocycles. The second kappa shape index (κ2) is 7.36. The molecular formula is C19H17FN4O4S. The average Bonchev–Trinajstić information content (AvgIpc) is 2.85. The molecule has 0 aliphatic carbocycles. The number of amides is 1. The first-order valence-corrected chi connectivity index (χ1v) is 9.96. The van der Waals surface area contributed by atoms with Crippen LogP contribution in [0.15, 0.2) is 23.0 Å². The number of fused-ring (bicyclic) bond motifs is 2. The number of nitrogens with zero attached hydrogens (tertiary/aromatic N) is 3. The van der Waals surface area contributed by atoms with Gasteiger partial charge in [0, 0.05) is 24.7 Å². The molecule has 0 spiro atoms. The third-order valence-corrected chi connectivity index (χ3v) is 6.20. The minimum absolute atomic E-state index is 0.0976. The number of carbonyl (C=O) groups excluding carboxylic acids is 1. The van der Waals surface area contributed by atoms with Crippen molar-refractivity contribution in [1.82, 2.24) is 9.55 Å². The number of rotatable bonds is 3. The van der Waals surface area contributed by atoms with Gasteiger partial charge in [-0.15, -0.1) is 11.3 Å². The van der Waals surface area contributed by atoms with Crippen molar-refractivity contribution in [3.8, 4) is 0 Å². The zero-order chi connectivity index (χ0) is 20.7. The van der Waals surface area contributed by atoms with Gasteiger partial charge in [-0.3, -0.25) is 24.3 Å². The van der Waals surface area contributed by atoms with E-state index >= 15 is 0 Å². The number of hydrogen-bond donors (Lipinski definition) is 1. The quantitative estimate of drug-likeness (QED) is 0.516. The minimum atomic E-state index is -0.982. The summed E-state index contributed by atoms with van der Waals surface area (Å²) in [7, 11) is 0. The van der Waals surface area contributed by atoms with Gasteiger partial charge in [0.25, 0.3) is 11.5 Å². The molecule has 8 nitrogen and oxygen atoms in total. The van der Waals surface area contributed by atoms with Crippen LogP contribution >= 0.6 is 11.3 Å². The molecule has 2 aromatic heterocycles. The van der Waals surface area contributed by atoms with Crippen LogP contribution in [0.1, 0.15) is 40.3 Å². The van der Waals surface area contributed by atoms with E-state index in [1.54, 1.807) is 11.5 Å². The Kier molecular flexibility index (Phi) is 4.87. The number of nitrogens with one attached hydrogen (secondary N) is 1. The predicted octanol–water partition coefficient (Wildman–Crippen LogP) is 3.79. The van der Waals surface area contributed by atoms with E-state index in [4.69, 9.17) is 0 Å². The lowest BCUT2D eigenvalue weighted by atomic mass is 10.2. The highest BCUT2D eigenvalue weighted by molar-refractivity contribution is 7.20. The molecule has 0 bridgehead atoms. The number of carbonyl (C=O) groups is 1. The van der Waals surface area contributed by atoms with E-state index < -0.39 is 22.3 Å². The van der Waals surface area contributed by atoms with Gasteiger partial charge in [-0.2, -0.15) is 4.39 Å². The number of aryl methyl sites for hydroxylation is 2. The van der Waals surface area contributed by atoms with Crippen molar-refractivity contribution in [2.45, 2.75) is 39.2 Å². The fraction of sp³-hybridized carbons (Fsp3) is 0.316. The molecule has 0 unspecified atom stereocenters. The first-order chi connectivity index (χ1) is 13.9. The van der Waals surface area contributed by atoms with Gasteiger partial charge >= 0.3 is 5.69 Å². The van der Waals surface area contributed by atoms with Crippen LogP contribution in [0.3, 0.4) is 0 Å². The van der Waals surface area contributed by atoms with Crippen LogP contribution in [0.25, 0.3) is 10.2 Å². The third kappa shape index (κ3) is 3.39. The smallest absolute Gasteiger partial charge is 0.306 e. The maximum absolute atomic E-state index is 13.5. The molecule has 1 N–H and O–H groups in total. The third-order valence-electron chi connectivity index (χ3n) is 5.02. The standard InChI is InChI=1S/C19H17FN4O4S/c1-10-15-18(22-14-5-3-2-4-8-23(14)19(15)26)29-16(10)17(25)21-11-6-7-12(20)13(9-11)24(27)28/h6-7,9H,2-5,8H2,1H3,(H,21,25). The Morgan fingerprint density at radius 1 is 1.34 bits per heavy atom. The number of aromatic nitrogens is 2. The van der Waals surface area contributed by atoms with Gasteiger partial charge in [0.1, 0.15) is 10.7 Å². The summed E-state index contributed by atoms with van der Waals surface area (Å²) >= 11 is 1.11. The number of benzene rings is 1. The van der Waals surface area contributed by atoms with Crippen molar-refractivity contribution in [3.63, 3.8) is 0 Å². The van der Waals surface area contributed by atoms with Gasteiger partial charge in [-0.05, 0) is 37.5 Å². The lowest BCUT2D eigenvalue weighted by Gasteiger charge is -2.08. The van der Waals surface area contributed by atoms with E-state index in [2.05, 4.69) is 10.3 Å². The zero-order valence-corrected chi connectivity index (χ0v) is 16.3. The molecule has 4 rings (SSSR count). The van der Waals surface area contributed by atoms with Gasteiger partial charge in [0.2, 0.25) is 5.82 Å². The predicted molar refractivity (Wildman–Crippen MR) is 107 cm³/mol. The molecule has 3 heterocycles. The molecule has 3 aromatic rings. The lowest BCUT2D eigenvalue weighted by Crippen LogP contribution is -2.24. The SMILES string of the molecule is Cc1c(C(=O)Nc2ccc(F)c([N+](=O)[O-])c2)sc2nc3n(c(=O)c12)CCCCC3. The summed E-state index contributed by atoms with van der Waals surface area (Å²) in [5, 5.41) is 13.9. The second-order valence-electron chi connectivity index (χ2n) is 6.91. The summed E-state index contributed by atoms with van der Waals surface area (Å²) in [6, 6.07) is 3.14. The van der Waals surface area contributed by atoms with E-state index in [0.717, 1.165) is 55.0 Å². The summed E-state index contributed by atoms with van der Waals surface area (Å²) in [5.41, 5.74) is -0.242. The van der Waals surface area contributed by atoms with E-state index in [-0.39, 0.29) is 11.2 Å². The summed E-state index contributed by atoms with van der Waals surface area (Å²) in [6.07, 6.45) is 3.66. The maximum Gasteiger partial charge on any atom is 0.306 e. The van der Waals surface area contributed by atoms with E-state index in [0.29, 0.717) is 27.2 Å². The Bertz CT molecular complexity index is 1220. The summed E-state index contributed by atoms with van der Waals surface area (Å²) in [4.78, 5) is 41.2. The first-order valence-electron chi connectivity index (χ1n) is 9.15. The molecule has 0 saturated heterocycles. The average molecular weight is 416 g/mol. The molecular weight excluding hydrogens is 399 g/mol. The molecule has 0 atom stereocenters. The molecule has 0 radical (unpaired) electrons. The second-order valence-corrected chi connectivity index (χ2v) is 7.91. The Balaban J connectivity index is 1.73. The Hall–Kier alpha value is -3.14. The van der Waals surface area contributed by atoms with Crippen LogP contribution in [-0.4, -0.2) is 20.4 Å². The number of nitro groups is 1. The highest BCUT2D eigenvalue weighted by atomic mass is 32.1. The molecule has 1 amide bonds. The van der Waals surface area contributed by atoms with Crippen molar-refractivity contribution in [2.75, 3.05) is 5.32 Å². The van der Waals surface area contributed by atoms with Crippen LogP contribution < -0.4 is 10.9 Å². The van der Waals surface area contributed by atoms with Crippen molar-refractivity contribution in [3.05, 3.63) is 60.7 Å². The van der Waals surface area contributed by atoms with Crippen LogP contribution in [0.2, 0.25) is 0 Å². The van der Waals surface area contributed by atoms with Crippen molar-refractivity contribution in [1.29, 1.82) is 0 Å². The summed E-state index contributed by atoms with van der Waals surface area (Å²) < 4.78 is 15.2. The minimum Gasteiger partial charge on any atom is -0.321 e. The molecule has 0 saturated carbocycles. The number of thiophene rings is 1. The van der Waals surface area contributed by atoms with Gasteiger partial charge < -0.3 is 5.32 Å². The summed E-state index contributed by atoms with van der Waals surface area (Å²) in [6.45, 7) is 2.31. The Labute approximate surface area is 168 Å². The fourth-order valence-electron chi connectivity index (χ4n) is 3.54. The lowest BCUT2D eigenvalue weighted by molar-refractivity contribution is -0.387. The van der Waals surface area contributed by atoms with Crippen molar-refractivity contribution in [2.24, 2.45) is 0 Å². The molecule has 10 heteroatoms. The van der Waals surface area contributed by atoms with Gasteiger partial charge in [0.15, 0.2) is 0 Å². The van der Waals surface area contributed by atoms with Crippen LogP contribution in [0.5, 0.6) is 0 Å². The highest BCUT2D eigenvalue weighted by Gasteiger charge is 2.23. The zero-order valence-electron chi connectivity index (χ0n) is 15.5. The topological polar surface area (TPSA) is 107 Å². The van der Waals surface area contributed by atoms with Gasteiger partial charge in [-0.25, -0.2) is 4.98 Å². The number of hydrogen-bond acceptors (Lipinski definition) is 6. The molecule has 1 aliphatic heterocycles. The fourth-order valence-corrected chi connectivity index (χ4v) is 4.63. The van der Waals surface area contributed by atoms with Crippen molar-refractivity contribution >= 4 is 38.8 Å². The van der Waals surface area contributed by atoms with Gasteiger partial charge in [-0.1, -0.05) is 6.42 Å². The normalized spacial score (nSPS) is 13.7. The molecule has 29 heavy (non-hydrogen) atoms. The van der Waals surface area contributed by atoms with Crippen LogP contribution in [-0.2, 0) is 13.0 Å². The highest BCUT2D eigenvalue weighted by Crippen LogP contribution is 2.30. The van der Waals surface area contributed by atoms with E-state index in [9.17, 15) is 24.1 Å². The molecule has 1 aliphatic rings. The Morgan fingerprint density at radius 2 is 2.14 bits per heavy atom. The van der Waals surface area contributed by atoms with Crippen molar-refractivity contribution < 1.29 is 14.1 Å². The first kappa shape index (κ1) is 19.2. The van der Waals surface area contributed by atoms with Crippen LogP contribution in [0.4, 0.5) is 15.8 Å². The largest absolute Gasteiger partial charge is 0.321 e. The Morgan fingerprint density at radius 3 is 2.90 bits per heavy atom. The molecule has 150 valence electrons. The molecule has 0 fully saturated rings. The number of anilines is 1. The maximum atomic E-state index is 13.5. The van der Waals surface area contributed by atoms with E-state index in [1.807, 2.05) is 0 Å². The van der Waals surface area contributed by atoms with Crippen LogP contribution in [0, 0.1) is 22.9 Å². The number of halogens is 1. The van der Waals surface area contributed by atoms with Gasteiger partial charge in [0.05, 0.1) is 15.2 Å². The van der Waals surface area contributed by atoms with E-state index in [1.165, 1.54) is 6.07 Å². The summed E-state index contributed by atoms with van der Waals surface area (Å²) in [5.74, 6) is -0.766. The number of nitro benzene ring substituents is 1.